The number of rotatable bonds is 5. The summed E-state index contributed by atoms with van der Waals surface area (Å²) in [6.07, 6.45) is 1.52. The first kappa shape index (κ1) is 15.4. The molecule has 0 aromatic heterocycles. The predicted molar refractivity (Wildman–Crippen MR) is 82.6 cm³/mol. The van der Waals surface area contributed by atoms with Crippen molar-refractivity contribution < 1.29 is 14.7 Å². The smallest absolute Gasteiger partial charge is 0.249 e. The number of aliphatic imine (C=N–C) groups is 1. The summed E-state index contributed by atoms with van der Waals surface area (Å²) >= 11 is 3.29. The van der Waals surface area contributed by atoms with Gasteiger partial charge in [0.15, 0.2) is 5.78 Å². The van der Waals surface area contributed by atoms with Crippen molar-refractivity contribution in [2.45, 2.75) is 13.3 Å². The minimum absolute atomic E-state index is 0.0387. The fraction of sp³-hybridized carbons (Fsp3) is 0.286. The molecule has 1 aliphatic heterocycles. The minimum Gasteiger partial charge on any atom is -0.507 e. The molecule has 110 valence electrons. The number of carbonyl (C=O) groups excluding carboxylic acids is 2. The van der Waals surface area contributed by atoms with E-state index in [1.807, 2.05) is 0 Å². The van der Waals surface area contributed by atoms with E-state index in [2.05, 4.69) is 31.4 Å². The highest BCUT2D eigenvalue weighted by Crippen LogP contribution is 2.20. The molecule has 1 aromatic carbocycles. The van der Waals surface area contributed by atoms with Gasteiger partial charge in [-0.3, -0.25) is 14.6 Å². The molecule has 2 N–H and O–H groups in total. The van der Waals surface area contributed by atoms with Gasteiger partial charge < -0.3 is 5.11 Å². The van der Waals surface area contributed by atoms with Crippen molar-refractivity contribution in [2.75, 3.05) is 6.54 Å². The third kappa shape index (κ3) is 3.98. The van der Waals surface area contributed by atoms with Crippen molar-refractivity contribution >= 4 is 39.5 Å². The van der Waals surface area contributed by atoms with Gasteiger partial charge >= 0.3 is 0 Å². The normalized spacial score (nSPS) is 17.9. The number of hydrogen-bond acceptors (Lipinski definition) is 5. The molecule has 0 spiro atoms. The summed E-state index contributed by atoms with van der Waals surface area (Å²) in [7, 11) is 0. The van der Waals surface area contributed by atoms with Gasteiger partial charge in [0.25, 0.3) is 0 Å². The molecule has 1 aliphatic rings. The molecule has 1 heterocycles. The first-order valence-electron chi connectivity index (χ1n) is 6.31. The summed E-state index contributed by atoms with van der Waals surface area (Å²) in [4.78, 5) is 27.3. The topological polar surface area (TPSA) is 91.1 Å². The Morgan fingerprint density at radius 3 is 3.00 bits per heavy atom. The molecule has 0 unspecified atom stereocenters. The van der Waals surface area contributed by atoms with Crippen LogP contribution < -0.4 is 5.43 Å². The van der Waals surface area contributed by atoms with Crippen molar-refractivity contribution in [3.63, 3.8) is 0 Å². The van der Waals surface area contributed by atoms with Gasteiger partial charge in [0.2, 0.25) is 5.91 Å². The Balaban J connectivity index is 1.92. The molecule has 7 heteroatoms. The number of phenols is 1. The second-order valence-corrected chi connectivity index (χ2v) is 5.61. The first-order valence-corrected chi connectivity index (χ1v) is 7.10. The predicted octanol–water partition coefficient (Wildman–Crippen LogP) is 1.65. The van der Waals surface area contributed by atoms with Crippen LogP contribution in [0.5, 0.6) is 5.75 Å². The summed E-state index contributed by atoms with van der Waals surface area (Å²) in [6.45, 7) is 1.67. The molecule has 0 saturated carbocycles. The molecule has 0 aliphatic carbocycles. The first-order chi connectivity index (χ1) is 9.97. The standard InChI is InChI=1S/C14H14BrN3O3/c1-8-12(14(21)18-17-8)5-11(19)7-16-6-9-4-10(15)2-3-13(9)20/h2-4,6,12,20H,5,7H2,1H3,(H,18,21)/t12-/m0/s1. The number of aromatic hydroxyl groups is 1. The third-order valence-electron chi connectivity index (χ3n) is 3.08. The molecule has 1 amide bonds. The van der Waals surface area contributed by atoms with Gasteiger partial charge in [-0.25, -0.2) is 5.43 Å². The van der Waals surface area contributed by atoms with Crippen molar-refractivity contribution in [2.24, 2.45) is 16.0 Å². The zero-order valence-corrected chi connectivity index (χ0v) is 12.9. The van der Waals surface area contributed by atoms with Crippen LogP contribution in [0.1, 0.15) is 18.9 Å². The van der Waals surface area contributed by atoms with E-state index in [0.717, 1.165) is 4.47 Å². The van der Waals surface area contributed by atoms with Crippen LogP contribution in [0.25, 0.3) is 0 Å². The van der Waals surface area contributed by atoms with Crippen LogP contribution in [-0.4, -0.2) is 35.3 Å². The lowest BCUT2D eigenvalue weighted by Gasteiger charge is -2.05. The quantitative estimate of drug-likeness (QED) is 0.790. The maximum absolute atomic E-state index is 11.8. The zero-order chi connectivity index (χ0) is 15.4. The number of Topliss-reactive ketones (excluding diaryl/α,β-unsaturated/α-hetero) is 1. The highest BCUT2D eigenvalue weighted by molar-refractivity contribution is 9.10. The van der Waals surface area contributed by atoms with Crippen LogP contribution in [0.4, 0.5) is 0 Å². The van der Waals surface area contributed by atoms with E-state index in [0.29, 0.717) is 11.3 Å². The molecule has 0 saturated heterocycles. The van der Waals surface area contributed by atoms with Crippen LogP contribution in [0, 0.1) is 5.92 Å². The summed E-state index contributed by atoms with van der Waals surface area (Å²) in [5, 5.41) is 13.4. The molecule has 21 heavy (non-hydrogen) atoms. The zero-order valence-electron chi connectivity index (χ0n) is 11.3. The monoisotopic (exact) mass is 351 g/mol. The van der Waals surface area contributed by atoms with Crippen LogP contribution in [0.3, 0.4) is 0 Å². The second kappa shape index (κ2) is 6.62. The van der Waals surface area contributed by atoms with E-state index in [-0.39, 0.29) is 30.4 Å². The maximum atomic E-state index is 11.8. The van der Waals surface area contributed by atoms with Gasteiger partial charge in [0, 0.05) is 28.4 Å². The Bertz CT molecular complexity index is 640. The summed E-state index contributed by atoms with van der Waals surface area (Å²) in [6, 6.07) is 4.94. The molecule has 0 bridgehead atoms. The number of ketones is 1. The molecule has 2 rings (SSSR count). The largest absolute Gasteiger partial charge is 0.507 e. The Morgan fingerprint density at radius 2 is 2.33 bits per heavy atom. The van der Waals surface area contributed by atoms with Crippen LogP contribution >= 0.6 is 15.9 Å². The number of nitrogens with one attached hydrogen (secondary N) is 1. The molecular formula is C14H14BrN3O3. The molecule has 1 aromatic rings. The van der Waals surface area contributed by atoms with Crippen molar-refractivity contribution in [1.29, 1.82) is 0 Å². The fourth-order valence-electron chi connectivity index (χ4n) is 1.90. The minimum atomic E-state index is -0.494. The van der Waals surface area contributed by atoms with E-state index >= 15 is 0 Å². The van der Waals surface area contributed by atoms with Gasteiger partial charge in [-0.1, -0.05) is 15.9 Å². The molecule has 0 radical (unpaired) electrons. The number of amides is 1. The van der Waals surface area contributed by atoms with E-state index in [9.17, 15) is 14.7 Å². The van der Waals surface area contributed by atoms with E-state index in [1.54, 1.807) is 19.1 Å². The average molecular weight is 352 g/mol. The lowest BCUT2D eigenvalue weighted by Crippen LogP contribution is -2.25. The van der Waals surface area contributed by atoms with Crippen molar-refractivity contribution in [1.82, 2.24) is 5.43 Å². The highest BCUT2D eigenvalue weighted by Gasteiger charge is 2.28. The van der Waals surface area contributed by atoms with Gasteiger partial charge in [0.1, 0.15) is 5.75 Å². The molecule has 1 atom stereocenters. The highest BCUT2D eigenvalue weighted by atomic mass is 79.9. The van der Waals surface area contributed by atoms with Gasteiger partial charge in [-0.2, -0.15) is 5.10 Å². The Morgan fingerprint density at radius 1 is 1.57 bits per heavy atom. The number of carbonyl (C=O) groups is 2. The number of phenolic OH excluding ortho intramolecular Hbond substituents is 1. The number of benzene rings is 1. The summed E-state index contributed by atoms with van der Waals surface area (Å²) in [5.41, 5.74) is 3.48. The lowest BCUT2D eigenvalue weighted by atomic mass is 9.98. The Hall–Kier alpha value is -2.02. The van der Waals surface area contributed by atoms with Crippen LogP contribution in [-0.2, 0) is 9.59 Å². The Labute approximate surface area is 130 Å². The van der Waals surface area contributed by atoms with E-state index < -0.39 is 5.92 Å². The number of nitrogens with zero attached hydrogens (tertiary/aromatic N) is 2. The van der Waals surface area contributed by atoms with E-state index in [1.165, 1.54) is 12.3 Å². The lowest BCUT2D eigenvalue weighted by molar-refractivity contribution is -0.126. The fourth-order valence-corrected chi connectivity index (χ4v) is 2.27. The third-order valence-corrected chi connectivity index (χ3v) is 3.58. The van der Waals surface area contributed by atoms with Crippen LogP contribution in [0.2, 0.25) is 0 Å². The molecule has 6 nitrogen and oxygen atoms in total. The summed E-state index contributed by atoms with van der Waals surface area (Å²) < 4.78 is 0.808. The Kier molecular flexibility index (Phi) is 4.85. The average Bonchev–Trinajstić information content (AvgIpc) is 2.74. The van der Waals surface area contributed by atoms with Crippen molar-refractivity contribution in [3.05, 3.63) is 28.2 Å². The maximum Gasteiger partial charge on any atom is 0.249 e. The molecular weight excluding hydrogens is 338 g/mol. The number of hydrogen-bond donors (Lipinski definition) is 2. The SMILES string of the molecule is CC1=NNC(=O)[C@H]1CC(=O)CN=Cc1cc(Br)ccc1O. The number of halogens is 1. The van der Waals surface area contributed by atoms with Crippen molar-refractivity contribution in [3.8, 4) is 5.75 Å². The van der Waals surface area contributed by atoms with Gasteiger partial charge in [0.05, 0.1) is 12.5 Å². The van der Waals surface area contributed by atoms with Gasteiger partial charge in [-0.05, 0) is 25.1 Å². The van der Waals surface area contributed by atoms with Crippen LogP contribution in [0.15, 0.2) is 32.8 Å². The summed E-state index contributed by atoms with van der Waals surface area (Å²) in [5.74, 6) is -0.814. The second-order valence-electron chi connectivity index (χ2n) is 4.70. The van der Waals surface area contributed by atoms with E-state index in [4.69, 9.17) is 0 Å². The number of hydrazone groups is 1. The van der Waals surface area contributed by atoms with Gasteiger partial charge in [-0.15, -0.1) is 0 Å². The molecule has 0 fully saturated rings.